The molecule has 6 nitrogen and oxygen atoms in total. The molecule has 0 bridgehead atoms. The number of nitrogens with zero attached hydrogens (tertiary/aromatic N) is 2. The van der Waals surface area contributed by atoms with Crippen LogP contribution in [0.3, 0.4) is 0 Å². The number of anilines is 1. The predicted octanol–water partition coefficient (Wildman–Crippen LogP) is 1.66. The largest absolute Gasteiger partial charge is 0.348 e. The van der Waals surface area contributed by atoms with E-state index in [2.05, 4.69) is 15.7 Å². The summed E-state index contributed by atoms with van der Waals surface area (Å²) in [5.74, 6) is -0.288. The normalized spacial score (nSPS) is 11.7. The zero-order chi connectivity index (χ0) is 15.2. The van der Waals surface area contributed by atoms with E-state index < -0.39 is 0 Å². The zero-order valence-corrected chi connectivity index (χ0v) is 12.0. The fourth-order valence-corrected chi connectivity index (χ4v) is 1.95. The first-order valence-corrected chi connectivity index (χ1v) is 6.70. The molecule has 2 rings (SSSR count). The fourth-order valence-electron chi connectivity index (χ4n) is 1.95. The Morgan fingerprint density at radius 1 is 1.29 bits per heavy atom. The van der Waals surface area contributed by atoms with Gasteiger partial charge >= 0.3 is 0 Å². The second-order valence-corrected chi connectivity index (χ2v) is 4.86. The summed E-state index contributed by atoms with van der Waals surface area (Å²) < 4.78 is 1.77. The van der Waals surface area contributed by atoms with Gasteiger partial charge in [0.1, 0.15) is 0 Å². The number of rotatable bonds is 5. The van der Waals surface area contributed by atoms with Crippen LogP contribution in [0, 0.1) is 0 Å². The van der Waals surface area contributed by atoms with Gasteiger partial charge in [-0.25, -0.2) is 0 Å². The van der Waals surface area contributed by atoms with Crippen LogP contribution in [0.1, 0.15) is 24.2 Å². The Kier molecular flexibility index (Phi) is 4.71. The molecule has 1 aromatic carbocycles. The summed E-state index contributed by atoms with van der Waals surface area (Å²) in [6.07, 6.45) is 3.56. The maximum atomic E-state index is 12.1. The molecular weight excluding hydrogens is 268 g/mol. The first kappa shape index (κ1) is 14.8. The molecular formula is C15H18N4O2. The molecule has 0 radical (unpaired) electrons. The van der Waals surface area contributed by atoms with Crippen LogP contribution in [0.4, 0.5) is 5.69 Å². The van der Waals surface area contributed by atoms with Crippen molar-refractivity contribution < 1.29 is 9.59 Å². The number of hydrogen-bond donors (Lipinski definition) is 2. The Hall–Kier alpha value is -2.63. The lowest BCUT2D eigenvalue weighted by Gasteiger charge is -2.14. The van der Waals surface area contributed by atoms with E-state index in [1.54, 1.807) is 35.1 Å². The van der Waals surface area contributed by atoms with Crippen molar-refractivity contribution in [2.24, 2.45) is 0 Å². The van der Waals surface area contributed by atoms with Crippen LogP contribution in [-0.4, -0.2) is 27.6 Å². The smallest absolute Gasteiger partial charge is 0.251 e. The molecule has 0 aliphatic rings. The van der Waals surface area contributed by atoms with Crippen LogP contribution < -0.4 is 10.6 Å². The highest BCUT2D eigenvalue weighted by Crippen LogP contribution is 2.09. The zero-order valence-electron chi connectivity index (χ0n) is 12.0. The SMILES string of the molecule is CC(=O)Nc1ccc(C(=O)N[C@H](C)Cn2cccn2)cc1. The van der Waals surface area contributed by atoms with Crippen LogP contribution >= 0.6 is 0 Å². The van der Waals surface area contributed by atoms with Crippen molar-refractivity contribution in [3.05, 3.63) is 48.3 Å². The third-order valence-electron chi connectivity index (χ3n) is 2.87. The Balaban J connectivity index is 1.91. The monoisotopic (exact) mass is 286 g/mol. The second kappa shape index (κ2) is 6.69. The minimum absolute atomic E-state index is 0.0348. The Labute approximate surface area is 123 Å². The van der Waals surface area contributed by atoms with E-state index in [-0.39, 0.29) is 17.9 Å². The van der Waals surface area contributed by atoms with Crippen molar-refractivity contribution >= 4 is 17.5 Å². The molecule has 110 valence electrons. The highest BCUT2D eigenvalue weighted by atomic mass is 16.2. The van der Waals surface area contributed by atoms with Crippen LogP contribution in [0.15, 0.2) is 42.7 Å². The number of nitrogens with one attached hydrogen (secondary N) is 2. The van der Waals surface area contributed by atoms with Gasteiger partial charge in [0.15, 0.2) is 0 Å². The van der Waals surface area contributed by atoms with E-state index in [4.69, 9.17) is 0 Å². The molecule has 0 spiro atoms. The standard InChI is InChI=1S/C15H18N4O2/c1-11(10-19-9-3-8-16-19)17-15(21)13-4-6-14(7-5-13)18-12(2)20/h3-9,11H,10H2,1-2H3,(H,17,21)(H,18,20)/t11-/m1/s1. The Morgan fingerprint density at radius 2 is 2.00 bits per heavy atom. The lowest BCUT2D eigenvalue weighted by Crippen LogP contribution is -2.35. The molecule has 2 amide bonds. The van der Waals surface area contributed by atoms with Crippen molar-refractivity contribution in [2.75, 3.05) is 5.32 Å². The summed E-state index contributed by atoms with van der Waals surface area (Å²) in [6.45, 7) is 3.98. The number of hydrogen-bond acceptors (Lipinski definition) is 3. The molecule has 0 fully saturated rings. The van der Waals surface area contributed by atoms with Gasteiger partial charge in [0.05, 0.1) is 6.54 Å². The molecule has 0 saturated heterocycles. The quantitative estimate of drug-likeness (QED) is 0.877. The van der Waals surface area contributed by atoms with Gasteiger partial charge in [-0.15, -0.1) is 0 Å². The third-order valence-corrected chi connectivity index (χ3v) is 2.87. The number of aromatic nitrogens is 2. The average Bonchev–Trinajstić information content (AvgIpc) is 2.91. The minimum Gasteiger partial charge on any atom is -0.348 e. The van der Waals surface area contributed by atoms with Crippen molar-refractivity contribution in [3.63, 3.8) is 0 Å². The minimum atomic E-state index is -0.149. The van der Waals surface area contributed by atoms with Crippen LogP contribution in [0.5, 0.6) is 0 Å². The van der Waals surface area contributed by atoms with Gasteiger partial charge in [-0.05, 0) is 37.3 Å². The number of carbonyl (C=O) groups excluding carboxylic acids is 2. The molecule has 6 heteroatoms. The summed E-state index contributed by atoms with van der Waals surface area (Å²) >= 11 is 0. The van der Waals surface area contributed by atoms with Gasteiger partial charge in [-0.3, -0.25) is 14.3 Å². The molecule has 2 N–H and O–H groups in total. The molecule has 0 aliphatic carbocycles. The molecule has 2 aromatic rings. The van der Waals surface area contributed by atoms with E-state index in [1.807, 2.05) is 19.2 Å². The van der Waals surface area contributed by atoms with E-state index in [0.717, 1.165) is 0 Å². The van der Waals surface area contributed by atoms with Gasteiger partial charge in [-0.2, -0.15) is 5.10 Å². The van der Waals surface area contributed by atoms with Gasteiger partial charge < -0.3 is 10.6 Å². The lowest BCUT2D eigenvalue weighted by molar-refractivity contribution is -0.114. The number of carbonyl (C=O) groups is 2. The summed E-state index contributed by atoms with van der Waals surface area (Å²) in [5.41, 5.74) is 1.22. The Bertz CT molecular complexity index is 605. The van der Waals surface area contributed by atoms with E-state index in [9.17, 15) is 9.59 Å². The van der Waals surface area contributed by atoms with Crippen molar-refractivity contribution in [2.45, 2.75) is 26.4 Å². The predicted molar refractivity (Wildman–Crippen MR) is 79.9 cm³/mol. The highest BCUT2D eigenvalue weighted by Gasteiger charge is 2.10. The summed E-state index contributed by atoms with van der Waals surface area (Å²) in [5, 5.41) is 9.67. The van der Waals surface area contributed by atoms with E-state index in [0.29, 0.717) is 17.8 Å². The molecule has 0 aliphatic heterocycles. The molecule has 21 heavy (non-hydrogen) atoms. The maximum Gasteiger partial charge on any atom is 0.251 e. The maximum absolute atomic E-state index is 12.1. The number of benzene rings is 1. The lowest BCUT2D eigenvalue weighted by atomic mass is 10.2. The van der Waals surface area contributed by atoms with Crippen LogP contribution in [0.2, 0.25) is 0 Å². The average molecular weight is 286 g/mol. The Morgan fingerprint density at radius 3 is 2.57 bits per heavy atom. The van der Waals surface area contributed by atoms with Gasteiger partial charge in [0.25, 0.3) is 5.91 Å². The molecule has 1 heterocycles. The van der Waals surface area contributed by atoms with E-state index >= 15 is 0 Å². The highest BCUT2D eigenvalue weighted by molar-refractivity contribution is 5.95. The topological polar surface area (TPSA) is 76.0 Å². The molecule has 1 atom stereocenters. The van der Waals surface area contributed by atoms with Gasteiger partial charge in [0.2, 0.25) is 5.91 Å². The van der Waals surface area contributed by atoms with Crippen molar-refractivity contribution in [3.8, 4) is 0 Å². The number of amides is 2. The van der Waals surface area contributed by atoms with E-state index in [1.165, 1.54) is 6.92 Å². The van der Waals surface area contributed by atoms with Gasteiger partial charge in [-0.1, -0.05) is 0 Å². The second-order valence-electron chi connectivity index (χ2n) is 4.86. The van der Waals surface area contributed by atoms with Crippen LogP contribution in [-0.2, 0) is 11.3 Å². The van der Waals surface area contributed by atoms with Gasteiger partial charge in [0, 0.05) is 36.6 Å². The fraction of sp³-hybridized carbons (Fsp3) is 0.267. The van der Waals surface area contributed by atoms with Crippen molar-refractivity contribution in [1.29, 1.82) is 0 Å². The van der Waals surface area contributed by atoms with Crippen molar-refractivity contribution in [1.82, 2.24) is 15.1 Å². The van der Waals surface area contributed by atoms with Crippen LogP contribution in [0.25, 0.3) is 0 Å². The molecule has 0 saturated carbocycles. The summed E-state index contributed by atoms with van der Waals surface area (Å²) in [7, 11) is 0. The summed E-state index contributed by atoms with van der Waals surface area (Å²) in [4.78, 5) is 23.0. The molecule has 1 aromatic heterocycles. The third kappa shape index (κ3) is 4.45. The first-order chi connectivity index (χ1) is 10.0. The molecule has 0 unspecified atom stereocenters. The first-order valence-electron chi connectivity index (χ1n) is 6.70. The summed E-state index contributed by atoms with van der Waals surface area (Å²) in [6, 6.07) is 8.58.